The fourth-order valence-electron chi connectivity index (χ4n) is 1.27. The van der Waals surface area contributed by atoms with Gasteiger partial charge in [-0.25, -0.2) is 0 Å². The van der Waals surface area contributed by atoms with Gasteiger partial charge in [0, 0.05) is 12.5 Å². The Bertz CT molecular complexity index is 146. The number of fused-ring (bicyclic) bond motifs is 3. The summed E-state index contributed by atoms with van der Waals surface area (Å²) in [6.45, 7) is 4.94. The number of ether oxygens (including phenoxy) is 1. The van der Waals surface area contributed by atoms with Gasteiger partial charge in [0.1, 0.15) is 0 Å². The minimum Gasteiger partial charge on any atom is -0.379 e. The van der Waals surface area contributed by atoms with Gasteiger partial charge in [-0.15, -0.1) is 0 Å². The normalized spacial score (nSPS) is 40.2. The Hall–Kier alpha value is 0.270. The van der Waals surface area contributed by atoms with Crippen LogP contribution < -0.4 is 0 Å². The van der Waals surface area contributed by atoms with Crippen molar-refractivity contribution in [1.29, 1.82) is 0 Å². The summed E-state index contributed by atoms with van der Waals surface area (Å²) in [6, 6.07) is 0. The smallest absolute Gasteiger partial charge is 0.333 e. The molecule has 3 saturated heterocycles. The van der Waals surface area contributed by atoms with Gasteiger partial charge < -0.3 is 18.3 Å². The number of hydrogen-bond acceptors (Lipinski definition) is 4. The quantitative estimate of drug-likeness (QED) is 0.632. The molecular weight excluding hydrogens is 179 g/mol. The molecule has 3 fully saturated rings. The van der Waals surface area contributed by atoms with E-state index in [0.717, 1.165) is 19.8 Å². The molecule has 3 heterocycles. The van der Waals surface area contributed by atoms with E-state index in [1.807, 2.05) is 6.92 Å². The van der Waals surface area contributed by atoms with Crippen LogP contribution in [-0.2, 0) is 18.3 Å². The second-order valence-electron chi connectivity index (χ2n) is 2.88. The molecule has 12 heavy (non-hydrogen) atoms. The molecule has 0 aliphatic carbocycles. The van der Waals surface area contributed by atoms with Crippen molar-refractivity contribution < 1.29 is 18.3 Å². The van der Waals surface area contributed by atoms with E-state index in [-0.39, 0.29) is 6.10 Å². The van der Waals surface area contributed by atoms with Crippen molar-refractivity contribution in [3.05, 3.63) is 0 Å². The first kappa shape index (κ1) is 8.85. The molecule has 1 unspecified atom stereocenters. The largest absolute Gasteiger partial charge is 0.379 e. The summed E-state index contributed by atoms with van der Waals surface area (Å²) in [5, 5.41) is 0. The van der Waals surface area contributed by atoms with E-state index in [4.69, 9.17) is 18.3 Å². The zero-order valence-corrected chi connectivity index (χ0v) is 7.96. The molecule has 4 nitrogen and oxygen atoms in total. The summed E-state index contributed by atoms with van der Waals surface area (Å²) in [6.07, 6.45) is 0.193. The lowest BCUT2D eigenvalue weighted by Crippen LogP contribution is -2.41. The molecule has 0 radical (unpaired) electrons. The van der Waals surface area contributed by atoms with Gasteiger partial charge in [-0.1, -0.05) is 0 Å². The van der Waals surface area contributed by atoms with E-state index in [1.165, 1.54) is 0 Å². The van der Waals surface area contributed by atoms with Crippen LogP contribution in [0.2, 0.25) is 0 Å². The van der Waals surface area contributed by atoms with Crippen LogP contribution in [0.4, 0.5) is 0 Å². The highest BCUT2D eigenvalue weighted by Crippen LogP contribution is 2.51. The van der Waals surface area contributed by atoms with E-state index in [0.29, 0.717) is 12.5 Å². The van der Waals surface area contributed by atoms with E-state index in [9.17, 15) is 0 Å². The van der Waals surface area contributed by atoms with Crippen LogP contribution in [0.25, 0.3) is 0 Å². The van der Waals surface area contributed by atoms with Crippen LogP contribution in [0, 0.1) is 5.92 Å². The molecule has 3 rings (SSSR count). The van der Waals surface area contributed by atoms with Crippen LogP contribution >= 0.6 is 8.60 Å². The van der Waals surface area contributed by atoms with Gasteiger partial charge in [0.25, 0.3) is 0 Å². The van der Waals surface area contributed by atoms with Crippen molar-refractivity contribution in [2.75, 3.05) is 26.4 Å². The number of hydrogen-bond donors (Lipinski definition) is 0. The summed E-state index contributed by atoms with van der Waals surface area (Å²) in [5.41, 5.74) is 0. The Kier molecular flexibility index (Phi) is 2.94. The van der Waals surface area contributed by atoms with Crippen molar-refractivity contribution in [3.8, 4) is 0 Å². The lowest BCUT2D eigenvalue weighted by atomic mass is 10.1. The van der Waals surface area contributed by atoms with Gasteiger partial charge >= 0.3 is 8.60 Å². The molecule has 70 valence electrons. The maximum absolute atomic E-state index is 5.48. The first-order chi connectivity index (χ1) is 5.90. The lowest BCUT2D eigenvalue weighted by Gasteiger charge is -2.39. The molecule has 0 aromatic carbocycles. The van der Waals surface area contributed by atoms with Gasteiger partial charge in [-0.2, -0.15) is 0 Å². The molecule has 3 aliphatic heterocycles. The Morgan fingerprint density at radius 3 is 2.67 bits per heavy atom. The average molecular weight is 192 g/mol. The van der Waals surface area contributed by atoms with Crippen LogP contribution in [0.3, 0.4) is 0 Å². The summed E-state index contributed by atoms with van der Waals surface area (Å²) >= 11 is 0. The lowest BCUT2D eigenvalue weighted by molar-refractivity contribution is -0.0823. The SMILES string of the molecule is CCOCC1OP2OCC1CO2. The zero-order valence-electron chi connectivity index (χ0n) is 7.06. The predicted molar refractivity (Wildman–Crippen MR) is 43.7 cm³/mol. The van der Waals surface area contributed by atoms with E-state index >= 15 is 0 Å². The van der Waals surface area contributed by atoms with Crippen molar-refractivity contribution in [2.45, 2.75) is 13.0 Å². The monoisotopic (exact) mass is 192 g/mol. The second-order valence-corrected chi connectivity index (χ2v) is 4.05. The van der Waals surface area contributed by atoms with Gasteiger partial charge in [0.2, 0.25) is 0 Å². The highest BCUT2D eigenvalue weighted by Gasteiger charge is 2.39. The van der Waals surface area contributed by atoms with Crippen molar-refractivity contribution >= 4 is 8.60 Å². The minimum atomic E-state index is -1.04. The molecule has 0 aromatic rings. The summed E-state index contributed by atoms with van der Waals surface area (Å²) in [7, 11) is -1.04. The van der Waals surface area contributed by atoms with Crippen LogP contribution in [-0.4, -0.2) is 32.5 Å². The molecule has 3 aliphatic rings. The highest BCUT2D eigenvalue weighted by atomic mass is 31.2. The van der Waals surface area contributed by atoms with E-state index in [1.54, 1.807) is 0 Å². The Balaban J connectivity index is 1.82. The molecule has 2 bridgehead atoms. The molecule has 0 saturated carbocycles. The minimum absolute atomic E-state index is 0.193. The first-order valence-electron chi connectivity index (χ1n) is 4.20. The van der Waals surface area contributed by atoms with Crippen molar-refractivity contribution in [2.24, 2.45) is 5.92 Å². The topological polar surface area (TPSA) is 36.9 Å². The summed E-state index contributed by atoms with van der Waals surface area (Å²) in [4.78, 5) is 0. The van der Waals surface area contributed by atoms with Crippen LogP contribution in [0.1, 0.15) is 6.92 Å². The Morgan fingerprint density at radius 1 is 1.42 bits per heavy atom. The predicted octanol–water partition coefficient (Wildman–Crippen LogP) is 1.31. The Morgan fingerprint density at radius 2 is 2.17 bits per heavy atom. The Labute approximate surface area is 73.1 Å². The summed E-state index contributed by atoms with van der Waals surface area (Å²) in [5.74, 6) is 0.365. The molecule has 0 aromatic heterocycles. The van der Waals surface area contributed by atoms with Gasteiger partial charge in [0.05, 0.1) is 25.9 Å². The first-order valence-corrected chi connectivity index (χ1v) is 5.30. The summed E-state index contributed by atoms with van der Waals surface area (Å²) < 4.78 is 21.3. The fraction of sp³-hybridized carbons (Fsp3) is 1.00. The third-order valence-corrected chi connectivity index (χ3v) is 3.18. The van der Waals surface area contributed by atoms with Gasteiger partial charge in [0.15, 0.2) is 0 Å². The van der Waals surface area contributed by atoms with Crippen LogP contribution in [0.15, 0.2) is 0 Å². The molecule has 0 spiro atoms. The molecular formula is C7H13O4P. The number of rotatable bonds is 3. The van der Waals surface area contributed by atoms with Crippen molar-refractivity contribution in [1.82, 2.24) is 0 Å². The van der Waals surface area contributed by atoms with Crippen molar-refractivity contribution in [3.63, 3.8) is 0 Å². The standard InChI is InChI=1S/C7H13O4P/c1-2-8-5-7-6-3-9-12(11-7)10-4-6/h6-7H,2-5H2,1H3. The fourth-order valence-corrected chi connectivity index (χ4v) is 2.55. The second kappa shape index (κ2) is 3.99. The van der Waals surface area contributed by atoms with E-state index in [2.05, 4.69) is 0 Å². The molecule has 0 N–H and O–H groups in total. The maximum atomic E-state index is 5.48. The maximum Gasteiger partial charge on any atom is 0.333 e. The molecule has 0 amide bonds. The zero-order chi connectivity index (χ0) is 8.39. The van der Waals surface area contributed by atoms with E-state index < -0.39 is 8.60 Å². The third kappa shape index (κ3) is 1.78. The van der Waals surface area contributed by atoms with Crippen LogP contribution in [0.5, 0.6) is 0 Å². The average Bonchev–Trinajstić information content (AvgIpc) is 2.17. The van der Waals surface area contributed by atoms with Gasteiger partial charge in [-0.3, -0.25) is 0 Å². The molecule has 5 heteroatoms. The molecule has 1 atom stereocenters. The highest BCUT2D eigenvalue weighted by molar-refractivity contribution is 7.41. The van der Waals surface area contributed by atoms with Gasteiger partial charge in [-0.05, 0) is 6.92 Å². The third-order valence-electron chi connectivity index (χ3n) is 2.02.